The molecule has 0 radical (unpaired) electrons. The number of likely N-dealkylation sites (tertiary alicyclic amines) is 1. The van der Waals surface area contributed by atoms with Gasteiger partial charge >= 0.3 is 0 Å². The zero-order valence-corrected chi connectivity index (χ0v) is 14.6. The fourth-order valence-corrected chi connectivity index (χ4v) is 3.57. The zero-order valence-electron chi connectivity index (χ0n) is 14.6. The van der Waals surface area contributed by atoms with Crippen LogP contribution in [0.25, 0.3) is 0 Å². The number of methoxy groups -OCH3 is 1. The minimum absolute atomic E-state index is 0.0903. The van der Waals surface area contributed by atoms with Crippen LogP contribution in [0.5, 0.6) is 5.75 Å². The van der Waals surface area contributed by atoms with Gasteiger partial charge in [-0.1, -0.05) is 30.3 Å². The second-order valence-electron chi connectivity index (χ2n) is 6.48. The Kier molecular flexibility index (Phi) is 4.21. The number of hydrogen-bond acceptors (Lipinski definition) is 5. The normalized spacial score (nSPS) is 16.7. The summed E-state index contributed by atoms with van der Waals surface area (Å²) in [4.78, 5) is 28.3. The summed E-state index contributed by atoms with van der Waals surface area (Å²) in [5, 5.41) is 3.19. The summed E-state index contributed by atoms with van der Waals surface area (Å²) in [5.74, 6) is 0.450. The number of nitrogens with zero attached hydrogens (tertiary/aromatic N) is 1. The number of hydrogen-bond donors (Lipinski definition) is 1. The van der Waals surface area contributed by atoms with Gasteiger partial charge in [0, 0.05) is 36.0 Å². The molecule has 0 bridgehead atoms. The molecule has 1 fully saturated rings. The van der Waals surface area contributed by atoms with Crippen LogP contribution in [-0.2, 0) is 0 Å². The van der Waals surface area contributed by atoms with Gasteiger partial charge in [0.05, 0.1) is 7.11 Å². The number of Topliss-reactive ketones (excluding diaryl/α,β-unsaturated/α-hetero) is 2. The molecular weight excluding hydrogens is 328 g/mol. The monoisotopic (exact) mass is 348 g/mol. The Labute approximate surface area is 152 Å². The molecule has 26 heavy (non-hydrogen) atoms. The number of benzene rings is 2. The molecule has 5 nitrogen and oxygen atoms in total. The van der Waals surface area contributed by atoms with E-state index in [1.54, 1.807) is 31.4 Å². The van der Waals surface area contributed by atoms with Crippen LogP contribution in [-0.4, -0.2) is 36.7 Å². The van der Waals surface area contributed by atoms with E-state index >= 15 is 0 Å². The molecule has 4 rings (SSSR count). The highest BCUT2D eigenvalue weighted by Gasteiger charge is 2.36. The molecule has 1 heterocycles. The third-order valence-electron chi connectivity index (χ3n) is 4.86. The molecule has 0 saturated carbocycles. The van der Waals surface area contributed by atoms with Gasteiger partial charge in [-0.05, 0) is 25.0 Å². The van der Waals surface area contributed by atoms with E-state index in [-0.39, 0.29) is 11.6 Å². The van der Waals surface area contributed by atoms with Gasteiger partial charge in [-0.25, -0.2) is 0 Å². The third kappa shape index (κ3) is 2.75. The maximum Gasteiger partial charge on any atom is 0.212 e. The highest BCUT2D eigenvalue weighted by Crippen LogP contribution is 2.31. The third-order valence-corrected chi connectivity index (χ3v) is 4.86. The van der Waals surface area contributed by atoms with Gasteiger partial charge in [-0.15, -0.1) is 0 Å². The minimum Gasteiger partial charge on any atom is -0.497 e. The number of allylic oxidation sites excluding steroid dienone is 2. The van der Waals surface area contributed by atoms with E-state index in [0.29, 0.717) is 28.3 Å². The van der Waals surface area contributed by atoms with Crippen molar-refractivity contribution in [2.45, 2.75) is 12.8 Å². The average molecular weight is 348 g/mol. The lowest BCUT2D eigenvalue weighted by molar-refractivity contribution is 0.0948. The van der Waals surface area contributed by atoms with Gasteiger partial charge in [0.15, 0.2) is 0 Å². The summed E-state index contributed by atoms with van der Waals surface area (Å²) in [7, 11) is 1.60. The van der Waals surface area contributed by atoms with E-state index in [2.05, 4.69) is 5.32 Å². The van der Waals surface area contributed by atoms with Crippen molar-refractivity contribution in [1.82, 2.24) is 4.90 Å². The van der Waals surface area contributed by atoms with Crippen LogP contribution >= 0.6 is 0 Å². The van der Waals surface area contributed by atoms with Gasteiger partial charge in [0.2, 0.25) is 11.6 Å². The summed E-state index contributed by atoms with van der Waals surface area (Å²) in [6.45, 7) is 1.58. The largest absolute Gasteiger partial charge is 0.497 e. The highest BCUT2D eigenvalue weighted by molar-refractivity contribution is 6.27. The molecule has 2 aliphatic rings. The Morgan fingerprint density at radius 3 is 2.31 bits per heavy atom. The topological polar surface area (TPSA) is 58.6 Å². The van der Waals surface area contributed by atoms with Crippen molar-refractivity contribution in [2.75, 3.05) is 25.5 Å². The lowest BCUT2D eigenvalue weighted by atomic mass is 9.89. The van der Waals surface area contributed by atoms with Gasteiger partial charge < -0.3 is 15.0 Å². The molecule has 1 aliphatic heterocycles. The lowest BCUT2D eigenvalue weighted by Crippen LogP contribution is -2.35. The number of carbonyl (C=O) groups is 2. The molecular formula is C21H20N2O3. The van der Waals surface area contributed by atoms with Crippen LogP contribution in [0.3, 0.4) is 0 Å². The minimum atomic E-state index is -0.148. The average Bonchev–Trinajstić information content (AvgIpc) is 3.20. The number of rotatable bonds is 4. The van der Waals surface area contributed by atoms with Gasteiger partial charge in [0.25, 0.3) is 0 Å². The molecule has 0 spiro atoms. The van der Waals surface area contributed by atoms with E-state index < -0.39 is 0 Å². The Balaban J connectivity index is 1.81. The van der Waals surface area contributed by atoms with Crippen LogP contribution in [0.2, 0.25) is 0 Å². The fraction of sp³-hybridized carbons (Fsp3) is 0.238. The first-order valence-corrected chi connectivity index (χ1v) is 8.78. The number of carbonyl (C=O) groups excluding carboxylic acids is 2. The lowest BCUT2D eigenvalue weighted by Gasteiger charge is -2.28. The molecule has 1 N–H and O–H groups in total. The van der Waals surface area contributed by atoms with Crippen molar-refractivity contribution < 1.29 is 14.3 Å². The second-order valence-corrected chi connectivity index (χ2v) is 6.48. The molecule has 132 valence electrons. The van der Waals surface area contributed by atoms with Crippen LogP contribution < -0.4 is 10.1 Å². The van der Waals surface area contributed by atoms with Crippen molar-refractivity contribution in [1.29, 1.82) is 0 Å². The van der Waals surface area contributed by atoms with Gasteiger partial charge in [0.1, 0.15) is 17.1 Å². The second kappa shape index (κ2) is 6.67. The Hall–Kier alpha value is -3.08. The van der Waals surface area contributed by atoms with E-state index in [9.17, 15) is 9.59 Å². The van der Waals surface area contributed by atoms with E-state index in [0.717, 1.165) is 31.6 Å². The van der Waals surface area contributed by atoms with E-state index in [4.69, 9.17) is 4.74 Å². The van der Waals surface area contributed by atoms with Crippen molar-refractivity contribution in [3.05, 3.63) is 71.1 Å². The van der Waals surface area contributed by atoms with Crippen LogP contribution in [0.1, 0.15) is 33.6 Å². The fourth-order valence-electron chi connectivity index (χ4n) is 3.57. The predicted molar refractivity (Wildman–Crippen MR) is 99.6 cm³/mol. The first kappa shape index (κ1) is 16.4. The number of anilines is 1. The van der Waals surface area contributed by atoms with Crippen molar-refractivity contribution in [3.8, 4) is 5.75 Å². The number of ketones is 2. The Morgan fingerprint density at radius 1 is 0.923 bits per heavy atom. The van der Waals surface area contributed by atoms with Crippen molar-refractivity contribution in [2.24, 2.45) is 0 Å². The summed E-state index contributed by atoms with van der Waals surface area (Å²) in [6, 6.07) is 14.4. The first-order chi connectivity index (χ1) is 12.7. The van der Waals surface area contributed by atoms with Crippen LogP contribution in [0, 0.1) is 0 Å². The van der Waals surface area contributed by atoms with Gasteiger partial charge in [-0.3, -0.25) is 9.59 Å². The SMILES string of the molecule is COc1cccc(NC2=C(N3CCCC3)C(=O)c3ccccc3C2=O)c1. The number of ether oxygens (including phenoxy) is 1. The van der Waals surface area contributed by atoms with E-state index in [1.165, 1.54) is 0 Å². The smallest absolute Gasteiger partial charge is 0.212 e. The molecule has 5 heteroatoms. The van der Waals surface area contributed by atoms with Crippen LogP contribution in [0.15, 0.2) is 59.9 Å². The summed E-state index contributed by atoms with van der Waals surface area (Å²) < 4.78 is 5.26. The molecule has 2 aromatic rings. The summed E-state index contributed by atoms with van der Waals surface area (Å²) in [6.07, 6.45) is 2.05. The standard InChI is InChI=1S/C21H20N2O3/c1-26-15-8-6-7-14(13-15)22-18-19(23-11-4-5-12-23)21(25)17-10-3-2-9-16(17)20(18)24/h2-3,6-10,13,22H,4-5,11-12H2,1H3. The quantitative estimate of drug-likeness (QED) is 0.916. The Morgan fingerprint density at radius 2 is 1.62 bits per heavy atom. The molecule has 2 aromatic carbocycles. The molecule has 1 aliphatic carbocycles. The predicted octanol–water partition coefficient (Wildman–Crippen LogP) is 3.49. The van der Waals surface area contributed by atoms with Crippen LogP contribution in [0.4, 0.5) is 5.69 Å². The maximum absolute atomic E-state index is 13.2. The molecule has 0 aromatic heterocycles. The molecule has 0 amide bonds. The maximum atomic E-state index is 13.2. The first-order valence-electron chi connectivity index (χ1n) is 8.78. The summed E-state index contributed by atoms with van der Waals surface area (Å²) in [5.41, 5.74) is 2.48. The van der Waals surface area contributed by atoms with Crippen molar-refractivity contribution in [3.63, 3.8) is 0 Å². The Bertz CT molecular complexity index is 911. The van der Waals surface area contributed by atoms with Gasteiger partial charge in [-0.2, -0.15) is 0 Å². The number of fused-ring (bicyclic) bond motifs is 1. The molecule has 0 atom stereocenters. The molecule has 1 saturated heterocycles. The summed E-state index contributed by atoms with van der Waals surface area (Å²) >= 11 is 0. The number of nitrogens with one attached hydrogen (secondary N) is 1. The highest BCUT2D eigenvalue weighted by atomic mass is 16.5. The zero-order chi connectivity index (χ0) is 18.1. The van der Waals surface area contributed by atoms with E-state index in [1.807, 2.05) is 29.2 Å². The molecule has 0 unspecified atom stereocenters. The van der Waals surface area contributed by atoms with Crippen molar-refractivity contribution >= 4 is 17.3 Å².